The quantitative estimate of drug-likeness (QED) is 0.147. The highest BCUT2D eigenvalue weighted by molar-refractivity contribution is 5.69. The smallest absolute Gasteiger partial charge is 0.306 e. The van der Waals surface area contributed by atoms with Crippen molar-refractivity contribution in [2.75, 3.05) is 0 Å². The molecule has 0 saturated carbocycles. The van der Waals surface area contributed by atoms with Crippen LogP contribution in [0.4, 0.5) is 0 Å². The zero-order valence-electron chi connectivity index (χ0n) is 18.2. The summed E-state index contributed by atoms with van der Waals surface area (Å²) >= 11 is 0. The molecule has 0 radical (unpaired) electrons. The highest BCUT2D eigenvalue weighted by atomic mass is 16.4. The first-order chi connectivity index (χ1) is 13.2. The normalized spacial score (nSPS) is 12.2. The van der Waals surface area contributed by atoms with Crippen LogP contribution < -0.4 is 0 Å². The van der Waals surface area contributed by atoms with Crippen LogP contribution in [0.15, 0.2) is 0 Å². The Hall–Kier alpha value is -0.860. The average Bonchev–Trinajstić information content (AvgIpc) is 2.66. The van der Waals surface area contributed by atoms with Crippen LogP contribution in [0.2, 0.25) is 0 Å². The third kappa shape index (κ3) is 19.7. The maximum Gasteiger partial charge on any atom is 0.306 e. The summed E-state index contributed by atoms with van der Waals surface area (Å²) in [4.78, 5) is 11.2. The van der Waals surface area contributed by atoms with Gasteiger partial charge in [0.1, 0.15) is 0 Å². The highest BCUT2D eigenvalue weighted by Crippen LogP contribution is 2.18. The lowest BCUT2D eigenvalue weighted by atomic mass is 9.95. The molecule has 0 rings (SSSR count). The van der Waals surface area contributed by atoms with Crippen LogP contribution in [0.5, 0.6) is 0 Å². The molecular weight excluding hydrogens is 334 g/mol. The number of hydrogen-bond acceptors (Lipinski definition) is 2. The number of rotatable bonds is 22. The molecule has 0 heterocycles. The lowest BCUT2D eigenvalue weighted by molar-refractivity contribution is -0.142. The molecule has 0 aromatic carbocycles. The van der Waals surface area contributed by atoms with Gasteiger partial charge in [-0.25, -0.2) is 0 Å². The van der Waals surface area contributed by atoms with Gasteiger partial charge in [0.25, 0.3) is 0 Å². The number of carboxylic acid groups (broad SMARTS) is 1. The fourth-order valence-electron chi connectivity index (χ4n) is 3.80. The van der Waals surface area contributed by atoms with Gasteiger partial charge < -0.3 is 10.5 Å². The first-order valence-electron chi connectivity index (χ1n) is 11.9. The van der Waals surface area contributed by atoms with Crippen LogP contribution in [0.3, 0.4) is 0 Å². The second-order valence-corrected chi connectivity index (χ2v) is 8.26. The van der Waals surface area contributed by atoms with Gasteiger partial charge in [-0.15, -0.1) is 0 Å². The number of carbonyl (C=O) groups is 1. The Balaban J connectivity index is 3.27. The van der Waals surface area contributed by atoms with Gasteiger partial charge >= 0.3 is 5.97 Å². The molecule has 1 atom stereocenters. The van der Waals surface area contributed by atoms with Crippen molar-refractivity contribution in [3.05, 3.63) is 0 Å². The molecule has 27 heavy (non-hydrogen) atoms. The lowest BCUT2D eigenvalue weighted by Crippen LogP contribution is -2.13. The molecule has 0 aliphatic carbocycles. The molecular formula is C24H47NO2. The third-order valence-electron chi connectivity index (χ3n) is 5.66. The number of hydrogen-bond donors (Lipinski definition) is 2. The van der Waals surface area contributed by atoms with Crippen LogP contribution >= 0.6 is 0 Å². The predicted molar refractivity (Wildman–Crippen MR) is 118 cm³/mol. The van der Waals surface area contributed by atoms with Gasteiger partial charge in [0.05, 0.1) is 5.92 Å². The maximum atomic E-state index is 11.2. The summed E-state index contributed by atoms with van der Waals surface area (Å²) in [6, 6.07) is 0. The first-order valence-corrected chi connectivity index (χ1v) is 11.9. The molecule has 1 unspecified atom stereocenters. The SMILES string of the molecule is CCCCCCCCCCCCCCCCCCC(CCCC=N)C(=O)O. The van der Waals surface area contributed by atoms with Crippen LogP contribution in [0.25, 0.3) is 0 Å². The van der Waals surface area contributed by atoms with Gasteiger partial charge in [-0.1, -0.05) is 110 Å². The van der Waals surface area contributed by atoms with Crippen molar-refractivity contribution in [2.45, 2.75) is 135 Å². The van der Waals surface area contributed by atoms with E-state index < -0.39 is 5.97 Å². The number of unbranched alkanes of at least 4 members (excludes halogenated alkanes) is 16. The molecule has 0 aromatic rings. The van der Waals surface area contributed by atoms with Crippen LogP contribution in [-0.4, -0.2) is 17.3 Å². The van der Waals surface area contributed by atoms with E-state index in [0.717, 1.165) is 25.7 Å². The minimum Gasteiger partial charge on any atom is -0.481 e. The van der Waals surface area contributed by atoms with Crippen molar-refractivity contribution in [3.63, 3.8) is 0 Å². The van der Waals surface area contributed by atoms with Crippen LogP contribution in [0, 0.1) is 11.3 Å². The van der Waals surface area contributed by atoms with Crippen molar-refractivity contribution in [1.29, 1.82) is 5.41 Å². The summed E-state index contributed by atoms with van der Waals surface area (Å²) in [6.45, 7) is 2.28. The molecule has 2 N–H and O–H groups in total. The van der Waals surface area contributed by atoms with E-state index >= 15 is 0 Å². The summed E-state index contributed by atoms with van der Waals surface area (Å²) in [7, 11) is 0. The summed E-state index contributed by atoms with van der Waals surface area (Å²) in [5.74, 6) is -0.850. The Morgan fingerprint density at radius 2 is 1.07 bits per heavy atom. The van der Waals surface area contributed by atoms with E-state index in [0.29, 0.717) is 6.42 Å². The number of nitrogens with one attached hydrogen (secondary N) is 1. The van der Waals surface area contributed by atoms with E-state index in [-0.39, 0.29) is 5.92 Å². The van der Waals surface area contributed by atoms with E-state index in [9.17, 15) is 9.90 Å². The van der Waals surface area contributed by atoms with E-state index in [1.165, 1.54) is 103 Å². The summed E-state index contributed by atoms with van der Waals surface area (Å²) < 4.78 is 0. The van der Waals surface area contributed by atoms with Crippen molar-refractivity contribution < 1.29 is 9.90 Å². The van der Waals surface area contributed by atoms with Crippen LogP contribution in [0.1, 0.15) is 135 Å². The fourth-order valence-corrected chi connectivity index (χ4v) is 3.80. The van der Waals surface area contributed by atoms with E-state index in [1.54, 1.807) is 0 Å². The van der Waals surface area contributed by atoms with Gasteiger partial charge in [-0.3, -0.25) is 4.79 Å². The monoisotopic (exact) mass is 381 g/mol. The summed E-state index contributed by atoms with van der Waals surface area (Å²) in [5, 5.41) is 16.3. The Morgan fingerprint density at radius 1 is 0.704 bits per heavy atom. The van der Waals surface area contributed by atoms with Crippen molar-refractivity contribution in [2.24, 2.45) is 5.92 Å². The number of carboxylic acids is 1. The zero-order valence-corrected chi connectivity index (χ0v) is 18.2. The molecule has 0 saturated heterocycles. The molecule has 160 valence electrons. The van der Waals surface area contributed by atoms with Gasteiger partial charge in [0.2, 0.25) is 0 Å². The molecule has 0 bridgehead atoms. The summed E-state index contributed by atoms with van der Waals surface area (Å²) in [6.07, 6.45) is 26.1. The topological polar surface area (TPSA) is 61.2 Å². The van der Waals surface area contributed by atoms with Gasteiger partial charge in [0.15, 0.2) is 0 Å². The van der Waals surface area contributed by atoms with Crippen molar-refractivity contribution in [3.8, 4) is 0 Å². The van der Waals surface area contributed by atoms with E-state index in [4.69, 9.17) is 5.41 Å². The molecule has 0 aliphatic rings. The minimum absolute atomic E-state index is 0.198. The molecule has 3 heteroatoms. The molecule has 0 spiro atoms. The second-order valence-electron chi connectivity index (χ2n) is 8.26. The molecule has 3 nitrogen and oxygen atoms in total. The maximum absolute atomic E-state index is 11.2. The predicted octanol–water partition coefficient (Wildman–Crippen LogP) is 8.16. The Bertz CT molecular complexity index is 330. The first kappa shape index (κ1) is 26.1. The van der Waals surface area contributed by atoms with Crippen LogP contribution in [-0.2, 0) is 4.79 Å². The van der Waals surface area contributed by atoms with Gasteiger partial charge in [-0.2, -0.15) is 0 Å². The molecule has 0 aromatic heterocycles. The lowest BCUT2D eigenvalue weighted by Gasteiger charge is -2.11. The van der Waals surface area contributed by atoms with Crippen molar-refractivity contribution in [1.82, 2.24) is 0 Å². The Kier molecular flexibility index (Phi) is 20.8. The second kappa shape index (κ2) is 21.4. The van der Waals surface area contributed by atoms with E-state index in [2.05, 4.69) is 6.92 Å². The molecule has 0 aliphatic heterocycles. The zero-order chi connectivity index (χ0) is 20.0. The minimum atomic E-state index is -0.652. The van der Waals surface area contributed by atoms with Crippen molar-refractivity contribution >= 4 is 12.2 Å². The van der Waals surface area contributed by atoms with E-state index in [1.807, 2.05) is 0 Å². The largest absolute Gasteiger partial charge is 0.481 e. The molecule has 0 amide bonds. The Labute approximate surface area is 169 Å². The Morgan fingerprint density at radius 3 is 1.44 bits per heavy atom. The fraction of sp³-hybridized carbons (Fsp3) is 0.917. The molecule has 0 fully saturated rings. The van der Waals surface area contributed by atoms with Gasteiger partial charge in [-0.05, 0) is 31.9 Å². The highest BCUT2D eigenvalue weighted by Gasteiger charge is 2.15. The standard InChI is InChI=1S/C24H47NO2/c1-2-3-4-5-6-7-8-9-10-11-12-13-14-15-16-17-20-23(24(26)27)21-18-19-22-25/h22-23,25H,2-21H2,1H3,(H,26,27). The summed E-state index contributed by atoms with van der Waals surface area (Å²) in [5.41, 5.74) is 0. The number of aliphatic carboxylic acids is 1. The third-order valence-corrected chi connectivity index (χ3v) is 5.66. The van der Waals surface area contributed by atoms with Gasteiger partial charge in [0, 0.05) is 0 Å². The average molecular weight is 382 g/mol.